The summed E-state index contributed by atoms with van der Waals surface area (Å²) in [7, 11) is 5.96. The zero-order chi connectivity index (χ0) is 22.4. The highest BCUT2D eigenvalue weighted by atomic mass is 16.5. The molecule has 2 aliphatic heterocycles. The number of ether oxygens (including phenoxy) is 2. The number of Topliss-reactive ketones (excluding diaryl/α,β-unsaturated/α-hetero) is 1. The zero-order valence-corrected chi connectivity index (χ0v) is 19.3. The second kappa shape index (κ2) is 10.7. The van der Waals surface area contributed by atoms with Crippen molar-refractivity contribution in [2.24, 2.45) is 5.41 Å². The van der Waals surface area contributed by atoms with Gasteiger partial charge < -0.3 is 9.47 Å². The predicted molar refractivity (Wildman–Crippen MR) is 119 cm³/mol. The van der Waals surface area contributed by atoms with E-state index in [2.05, 4.69) is 33.7 Å². The lowest BCUT2D eigenvalue weighted by atomic mass is 9.88. The molecule has 1 aromatic carbocycles. The van der Waals surface area contributed by atoms with E-state index < -0.39 is 0 Å². The monoisotopic (exact) mass is 432 g/mol. The molecule has 0 bridgehead atoms. The lowest BCUT2D eigenvalue weighted by Crippen LogP contribution is -2.51. The highest BCUT2D eigenvalue weighted by molar-refractivity contribution is 5.96. The van der Waals surface area contributed by atoms with Gasteiger partial charge in [0, 0.05) is 51.9 Å². The Morgan fingerprint density at radius 2 is 1.39 bits per heavy atom. The molecule has 31 heavy (non-hydrogen) atoms. The van der Waals surface area contributed by atoms with Crippen LogP contribution < -0.4 is 0 Å². The zero-order valence-electron chi connectivity index (χ0n) is 19.3. The molecule has 0 unspecified atom stereocenters. The number of carbonyl (C=O) groups excluding carboxylic acids is 2. The topological polar surface area (TPSA) is 65.6 Å². The molecule has 8 heteroatoms. The van der Waals surface area contributed by atoms with Crippen LogP contribution in [0.15, 0.2) is 24.3 Å². The standard InChI is InChI=1S/C23H36N4O4/c1-19(28)20-5-7-21(8-6-20)22(29)31-16-23(15-30-4,13-26-11-9-24(2)17-26)14-27-12-10-25(3)18-27/h5-8H,9-18H2,1-4H3. The van der Waals surface area contributed by atoms with Crippen LogP contribution in [0.2, 0.25) is 0 Å². The maximum atomic E-state index is 12.8. The van der Waals surface area contributed by atoms with Crippen LogP contribution in [0.25, 0.3) is 0 Å². The Hall–Kier alpha value is -1.84. The summed E-state index contributed by atoms with van der Waals surface area (Å²) in [4.78, 5) is 33.7. The van der Waals surface area contributed by atoms with Crippen molar-refractivity contribution in [1.82, 2.24) is 19.6 Å². The first-order valence-electron chi connectivity index (χ1n) is 10.9. The molecule has 2 fully saturated rings. The van der Waals surface area contributed by atoms with Crippen LogP contribution in [0.5, 0.6) is 0 Å². The number of nitrogens with zero attached hydrogens (tertiary/aromatic N) is 4. The van der Waals surface area contributed by atoms with Crippen molar-refractivity contribution < 1.29 is 19.1 Å². The average Bonchev–Trinajstić information content (AvgIpc) is 3.33. The molecule has 0 amide bonds. The first-order chi connectivity index (χ1) is 14.8. The number of carbonyl (C=O) groups is 2. The van der Waals surface area contributed by atoms with Crippen molar-refractivity contribution in [3.8, 4) is 0 Å². The van der Waals surface area contributed by atoms with Crippen LogP contribution in [0, 0.1) is 5.41 Å². The molecule has 0 saturated carbocycles. The predicted octanol–water partition coefficient (Wildman–Crippen LogP) is 1.09. The molecule has 2 heterocycles. The first-order valence-corrected chi connectivity index (χ1v) is 10.9. The number of esters is 1. The highest BCUT2D eigenvalue weighted by Gasteiger charge is 2.38. The quantitative estimate of drug-likeness (QED) is 0.402. The van der Waals surface area contributed by atoms with Gasteiger partial charge >= 0.3 is 5.97 Å². The molecule has 8 nitrogen and oxygen atoms in total. The molecule has 0 N–H and O–H groups in total. The van der Waals surface area contributed by atoms with Crippen molar-refractivity contribution in [2.45, 2.75) is 6.92 Å². The van der Waals surface area contributed by atoms with E-state index in [0.717, 1.165) is 52.6 Å². The number of hydrogen-bond acceptors (Lipinski definition) is 8. The molecule has 3 rings (SSSR count). The minimum absolute atomic E-state index is 0.0230. The minimum Gasteiger partial charge on any atom is -0.461 e. The molecule has 2 aliphatic rings. The minimum atomic E-state index is -0.368. The Morgan fingerprint density at radius 1 is 0.871 bits per heavy atom. The second-order valence-electron chi connectivity index (χ2n) is 9.19. The third-order valence-electron chi connectivity index (χ3n) is 6.08. The number of methoxy groups -OCH3 is 1. The van der Waals surface area contributed by atoms with Gasteiger partial charge in [-0.1, -0.05) is 12.1 Å². The van der Waals surface area contributed by atoms with Gasteiger partial charge in [0.05, 0.1) is 30.9 Å². The second-order valence-corrected chi connectivity index (χ2v) is 9.19. The Bertz CT molecular complexity index is 732. The fourth-order valence-corrected chi connectivity index (χ4v) is 4.52. The highest BCUT2D eigenvalue weighted by Crippen LogP contribution is 2.25. The Morgan fingerprint density at radius 3 is 1.81 bits per heavy atom. The average molecular weight is 433 g/mol. The number of ketones is 1. The van der Waals surface area contributed by atoms with Crippen LogP contribution in [-0.2, 0) is 9.47 Å². The molecule has 0 aromatic heterocycles. The van der Waals surface area contributed by atoms with Gasteiger partial charge in [0.2, 0.25) is 0 Å². The van der Waals surface area contributed by atoms with Crippen molar-refractivity contribution in [1.29, 1.82) is 0 Å². The summed E-state index contributed by atoms with van der Waals surface area (Å²) in [5.74, 6) is -0.391. The largest absolute Gasteiger partial charge is 0.461 e. The van der Waals surface area contributed by atoms with E-state index in [0.29, 0.717) is 17.7 Å². The lowest BCUT2D eigenvalue weighted by molar-refractivity contribution is -0.0310. The molecule has 0 radical (unpaired) electrons. The summed E-state index contributed by atoms with van der Waals surface area (Å²) < 4.78 is 11.5. The fourth-order valence-electron chi connectivity index (χ4n) is 4.52. The van der Waals surface area contributed by atoms with Gasteiger partial charge in [-0.15, -0.1) is 0 Å². The summed E-state index contributed by atoms with van der Waals surface area (Å²) in [6.07, 6.45) is 0. The van der Waals surface area contributed by atoms with E-state index in [9.17, 15) is 9.59 Å². The number of rotatable bonds is 10. The summed E-state index contributed by atoms with van der Waals surface area (Å²) >= 11 is 0. The first kappa shape index (κ1) is 23.8. The van der Waals surface area contributed by atoms with Gasteiger partial charge in [-0.2, -0.15) is 0 Å². The van der Waals surface area contributed by atoms with E-state index in [1.54, 1.807) is 31.4 Å². The van der Waals surface area contributed by atoms with E-state index >= 15 is 0 Å². The van der Waals surface area contributed by atoms with Crippen LogP contribution in [0.1, 0.15) is 27.6 Å². The smallest absolute Gasteiger partial charge is 0.338 e. The lowest BCUT2D eigenvalue weighted by Gasteiger charge is -2.38. The van der Waals surface area contributed by atoms with Gasteiger partial charge in [-0.3, -0.25) is 24.4 Å². The van der Waals surface area contributed by atoms with Crippen LogP contribution in [0.3, 0.4) is 0 Å². The summed E-state index contributed by atoms with van der Waals surface area (Å²) in [5.41, 5.74) is 0.722. The van der Waals surface area contributed by atoms with E-state index in [4.69, 9.17) is 9.47 Å². The molecule has 172 valence electrons. The number of hydrogen-bond donors (Lipinski definition) is 0. The van der Waals surface area contributed by atoms with E-state index in [-0.39, 0.29) is 23.8 Å². The van der Waals surface area contributed by atoms with Crippen LogP contribution in [-0.4, -0.2) is 118 Å². The van der Waals surface area contributed by atoms with Crippen molar-refractivity contribution >= 4 is 11.8 Å². The molecule has 0 atom stereocenters. The third-order valence-corrected chi connectivity index (χ3v) is 6.08. The Kier molecular flexibility index (Phi) is 8.18. The Labute approximate surface area is 185 Å². The fraction of sp³-hybridized carbons (Fsp3) is 0.652. The number of benzene rings is 1. The van der Waals surface area contributed by atoms with Gasteiger partial charge in [0.15, 0.2) is 5.78 Å². The van der Waals surface area contributed by atoms with E-state index in [1.807, 2.05) is 0 Å². The van der Waals surface area contributed by atoms with E-state index in [1.165, 1.54) is 6.92 Å². The molecule has 0 aliphatic carbocycles. The maximum Gasteiger partial charge on any atom is 0.338 e. The molecular formula is C23H36N4O4. The number of likely N-dealkylation sites (N-methyl/N-ethyl adjacent to an activating group) is 2. The maximum absolute atomic E-state index is 12.8. The summed E-state index contributed by atoms with van der Waals surface area (Å²) in [6, 6.07) is 6.65. The van der Waals surface area contributed by atoms with Gasteiger partial charge in [-0.05, 0) is 33.2 Å². The Balaban J connectivity index is 1.71. The van der Waals surface area contributed by atoms with Crippen molar-refractivity contribution in [3.63, 3.8) is 0 Å². The van der Waals surface area contributed by atoms with Crippen LogP contribution >= 0.6 is 0 Å². The van der Waals surface area contributed by atoms with Crippen LogP contribution in [0.4, 0.5) is 0 Å². The SMILES string of the molecule is COCC(COC(=O)c1ccc(C(C)=O)cc1)(CN1CCN(C)C1)CN1CCN(C)C1. The van der Waals surface area contributed by atoms with Crippen molar-refractivity contribution in [2.75, 3.05) is 87.0 Å². The third kappa shape index (κ3) is 6.57. The molecule has 2 saturated heterocycles. The summed E-state index contributed by atoms with van der Waals surface area (Å²) in [5, 5.41) is 0. The normalized spacial score (nSPS) is 19.2. The van der Waals surface area contributed by atoms with Crippen molar-refractivity contribution in [3.05, 3.63) is 35.4 Å². The molecular weight excluding hydrogens is 396 g/mol. The summed E-state index contributed by atoms with van der Waals surface area (Å²) in [6.45, 7) is 9.83. The molecule has 1 aromatic rings. The van der Waals surface area contributed by atoms with Gasteiger partial charge in [0.25, 0.3) is 0 Å². The van der Waals surface area contributed by atoms with Gasteiger partial charge in [-0.25, -0.2) is 4.79 Å². The van der Waals surface area contributed by atoms with Gasteiger partial charge in [0.1, 0.15) is 6.61 Å². The molecule has 0 spiro atoms.